The Morgan fingerprint density at radius 1 is 1.18 bits per heavy atom. The molecule has 4 heterocycles. The van der Waals surface area contributed by atoms with Gasteiger partial charge in [0.05, 0.1) is 22.5 Å². The number of rotatable bonds is 6. The fraction of sp³-hybridized carbons (Fsp3) is 0.292. The Balaban J connectivity index is 1.54. The molecule has 1 aromatic carbocycles. The summed E-state index contributed by atoms with van der Waals surface area (Å²) >= 11 is 2.61. The van der Waals surface area contributed by atoms with Gasteiger partial charge in [-0.05, 0) is 61.0 Å². The normalized spacial score (nSPS) is 17.1. The fourth-order valence-corrected chi connectivity index (χ4v) is 8.01. The Labute approximate surface area is 206 Å². The van der Waals surface area contributed by atoms with Crippen LogP contribution in [0.1, 0.15) is 30.5 Å². The van der Waals surface area contributed by atoms with Gasteiger partial charge >= 0.3 is 0 Å². The monoisotopic (exact) mass is 512 g/mol. The summed E-state index contributed by atoms with van der Waals surface area (Å²) in [6.07, 6.45) is 3.69. The van der Waals surface area contributed by atoms with Crippen LogP contribution < -0.4 is 4.90 Å². The largest absolute Gasteiger partial charge is 0.281 e. The average molecular weight is 513 g/mol. The first-order chi connectivity index (χ1) is 16.4. The highest BCUT2D eigenvalue weighted by Crippen LogP contribution is 2.34. The van der Waals surface area contributed by atoms with E-state index in [1.54, 1.807) is 28.6 Å². The number of aryl methyl sites for hydroxylation is 1. The molecule has 10 heteroatoms. The zero-order chi connectivity index (χ0) is 23.7. The Morgan fingerprint density at radius 3 is 2.82 bits per heavy atom. The van der Waals surface area contributed by atoms with Gasteiger partial charge in [-0.15, -0.1) is 11.3 Å². The van der Waals surface area contributed by atoms with E-state index in [2.05, 4.69) is 4.98 Å². The number of hydrogen-bond acceptors (Lipinski definition) is 7. The number of carbonyl (C=O) groups is 1. The van der Waals surface area contributed by atoms with E-state index < -0.39 is 16.1 Å². The van der Waals surface area contributed by atoms with Crippen LogP contribution in [0, 0.1) is 6.92 Å². The van der Waals surface area contributed by atoms with Gasteiger partial charge < -0.3 is 0 Å². The lowest BCUT2D eigenvalue weighted by Crippen LogP contribution is -2.52. The number of hydrogen-bond donors (Lipinski definition) is 0. The number of amides is 1. The number of nitrogens with zero attached hydrogens (tertiary/aromatic N) is 4. The first-order valence-electron chi connectivity index (χ1n) is 11.1. The number of benzene rings is 1. The Hall–Kier alpha value is -2.66. The highest BCUT2D eigenvalue weighted by atomic mass is 32.2. The molecule has 1 atom stereocenters. The summed E-state index contributed by atoms with van der Waals surface area (Å²) in [5.41, 5.74) is 2.65. The molecule has 0 spiro atoms. The minimum Gasteiger partial charge on any atom is -0.281 e. The Bertz CT molecular complexity index is 1400. The molecule has 7 nitrogen and oxygen atoms in total. The molecule has 3 aromatic heterocycles. The third-order valence-electron chi connectivity index (χ3n) is 5.87. The molecule has 0 aliphatic carbocycles. The molecule has 34 heavy (non-hydrogen) atoms. The smallest absolute Gasteiger partial charge is 0.253 e. The molecule has 0 N–H and O–H groups in total. The van der Waals surface area contributed by atoms with Gasteiger partial charge in [0.15, 0.2) is 5.13 Å². The van der Waals surface area contributed by atoms with Crippen molar-refractivity contribution in [2.45, 2.75) is 43.0 Å². The molecule has 1 fully saturated rings. The first kappa shape index (κ1) is 23.1. The molecule has 1 aliphatic rings. The SMILES string of the molecule is Cc1ccc2nc(N(Cc3ccccn3)C(=O)C3CCCCN3S(=O)(=O)c3cccs3)sc2c1. The van der Waals surface area contributed by atoms with Crippen LogP contribution in [0.3, 0.4) is 0 Å². The van der Waals surface area contributed by atoms with Crippen molar-refractivity contribution >= 4 is 54.0 Å². The second-order valence-corrected chi connectivity index (χ2v) is 12.3. The van der Waals surface area contributed by atoms with Crippen molar-refractivity contribution in [3.05, 3.63) is 71.4 Å². The molecule has 1 amide bonds. The van der Waals surface area contributed by atoms with Crippen LogP contribution >= 0.6 is 22.7 Å². The van der Waals surface area contributed by atoms with Crippen molar-refractivity contribution in [3.8, 4) is 0 Å². The van der Waals surface area contributed by atoms with Gasteiger partial charge in [0, 0.05) is 12.7 Å². The summed E-state index contributed by atoms with van der Waals surface area (Å²) < 4.78 is 29.4. The second kappa shape index (κ2) is 9.53. The third kappa shape index (κ3) is 4.50. The van der Waals surface area contributed by atoms with Crippen molar-refractivity contribution in [2.75, 3.05) is 11.4 Å². The van der Waals surface area contributed by atoms with Crippen LogP contribution in [0.5, 0.6) is 0 Å². The summed E-state index contributed by atoms with van der Waals surface area (Å²) in [4.78, 5) is 24.8. The lowest BCUT2D eigenvalue weighted by atomic mass is 10.0. The molecular weight excluding hydrogens is 488 g/mol. The quantitative estimate of drug-likeness (QED) is 0.369. The standard InChI is InChI=1S/C24H24N4O3S3/c1-17-10-11-19-21(15-17)33-24(26-19)27(16-18-7-2-4-12-25-18)23(29)20-8-3-5-13-28(20)34(30,31)22-9-6-14-32-22/h2,4,6-7,9-12,14-15,20H,3,5,8,13,16H2,1H3. The maximum atomic E-state index is 14.0. The van der Waals surface area contributed by atoms with Crippen LogP contribution in [0.15, 0.2) is 64.3 Å². The molecule has 1 unspecified atom stereocenters. The van der Waals surface area contributed by atoms with Gasteiger partial charge in [-0.3, -0.25) is 14.7 Å². The molecule has 0 saturated carbocycles. The van der Waals surface area contributed by atoms with Crippen LogP contribution in [0.25, 0.3) is 10.2 Å². The summed E-state index contributed by atoms with van der Waals surface area (Å²) in [7, 11) is -3.76. The second-order valence-electron chi connectivity index (χ2n) is 8.27. The number of thiazole rings is 1. The van der Waals surface area contributed by atoms with Crippen molar-refractivity contribution in [2.24, 2.45) is 0 Å². The zero-order valence-electron chi connectivity index (χ0n) is 18.6. The summed E-state index contributed by atoms with van der Waals surface area (Å²) in [5.74, 6) is -0.263. The number of anilines is 1. The van der Waals surface area contributed by atoms with E-state index in [1.165, 1.54) is 27.0 Å². The number of pyridine rings is 1. The van der Waals surface area contributed by atoms with E-state index in [1.807, 2.05) is 43.3 Å². The van der Waals surface area contributed by atoms with Crippen molar-refractivity contribution < 1.29 is 13.2 Å². The minimum atomic E-state index is -3.76. The van der Waals surface area contributed by atoms with E-state index in [0.717, 1.165) is 34.3 Å². The van der Waals surface area contributed by atoms with E-state index in [0.29, 0.717) is 18.1 Å². The van der Waals surface area contributed by atoms with Gasteiger partial charge in [-0.25, -0.2) is 13.4 Å². The molecule has 0 radical (unpaired) electrons. The van der Waals surface area contributed by atoms with Crippen LogP contribution in [-0.4, -0.2) is 41.2 Å². The van der Waals surface area contributed by atoms with Crippen molar-refractivity contribution in [1.29, 1.82) is 0 Å². The highest BCUT2D eigenvalue weighted by Gasteiger charge is 2.41. The number of fused-ring (bicyclic) bond motifs is 1. The molecule has 5 rings (SSSR count). The van der Waals surface area contributed by atoms with Gasteiger partial charge in [0.25, 0.3) is 10.0 Å². The topological polar surface area (TPSA) is 83.5 Å². The maximum Gasteiger partial charge on any atom is 0.253 e. The van der Waals surface area contributed by atoms with Gasteiger partial charge in [0.1, 0.15) is 10.3 Å². The molecule has 1 saturated heterocycles. The predicted molar refractivity (Wildman–Crippen MR) is 136 cm³/mol. The van der Waals surface area contributed by atoms with Crippen molar-refractivity contribution in [1.82, 2.24) is 14.3 Å². The maximum absolute atomic E-state index is 14.0. The summed E-state index contributed by atoms with van der Waals surface area (Å²) in [6, 6.07) is 14.1. The molecule has 0 bridgehead atoms. The van der Waals surface area contributed by atoms with Crippen LogP contribution in [-0.2, 0) is 21.4 Å². The highest BCUT2D eigenvalue weighted by molar-refractivity contribution is 7.91. The van der Waals surface area contributed by atoms with Gasteiger partial charge in [-0.2, -0.15) is 4.31 Å². The lowest BCUT2D eigenvalue weighted by molar-refractivity contribution is -0.123. The Morgan fingerprint density at radius 2 is 2.06 bits per heavy atom. The van der Waals surface area contributed by atoms with Gasteiger partial charge in [-0.1, -0.05) is 36.0 Å². The third-order valence-corrected chi connectivity index (χ3v) is 10.2. The molecule has 4 aromatic rings. The average Bonchev–Trinajstić information content (AvgIpc) is 3.53. The number of piperidine rings is 1. The van der Waals surface area contributed by atoms with Crippen molar-refractivity contribution in [3.63, 3.8) is 0 Å². The summed E-state index contributed by atoms with van der Waals surface area (Å²) in [6.45, 7) is 2.57. The zero-order valence-corrected chi connectivity index (χ0v) is 21.1. The Kier molecular flexibility index (Phi) is 6.48. The lowest BCUT2D eigenvalue weighted by Gasteiger charge is -2.35. The fourth-order valence-electron chi connectivity index (χ4n) is 4.17. The minimum absolute atomic E-state index is 0.224. The van der Waals surface area contributed by atoms with E-state index in [9.17, 15) is 13.2 Å². The molecule has 1 aliphatic heterocycles. The number of carbonyl (C=O) groups excluding carboxylic acids is 1. The van der Waals surface area contributed by atoms with E-state index in [4.69, 9.17) is 4.98 Å². The van der Waals surface area contributed by atoms with E-state index >= 15 is 0 Å². The molecular formula is C24H24N4O3S3. The number of thiophene rings is 1. The number of aromatic nitrogens is 2. The van der Waals surface area contributed by atoms with Gasteiger partial charge in [0.2, 0.25) is 5.91 Å². The molecule has 176 valence electrons. The van der Waals surface area contributed by atoms with Crippen LogP contribution in [0.4, 0.5) is 5.13 Å². The first-order valence-corrected chi connectivity index (χ1v) is 14.2. The number of sulfonamides is 1. The van der Waals surface area contributed by atoms with Crippen LogP contribution in [0.2, 0.25) is 0 Å². The summed E-state index contributed by atoms with van der Waals surface area (Å²) in [5, 5.41) is 2.29. The van der Waals surface area contributed by atoms with E-state index in [-0.39, 0.29) is 16.7 Å². The predicted octanol–water partition coefficient (Wildman–Crippen LogP) is 4.84.